The minimum atomic E-state index is -0.0544. The van der Waals surface area contributed by atoms with Crippen LogP contribution in [-0.2, 0) is 4.79 Å². The van der Waals surface area contributed by atoms with E-state index in [9.17, 15) is 4.79 Å². The predicted molar refractivity (Wildman–Crippen MR) is 82.7 cm³/mol. The number of nitrogens with zero attached hydrogens (tertiary/aromatic N) is 1. The van der Waals surface area contributed by atoms with Crippen molar-refractivity contribution in [2.24, 2.45) is 0 Å². The molecule has 0 radical (unpaired) electrons. The standard InChI is InChI=1S/C16H19NOS/c1-5-9-14-16(3,4)19-13-11-8-7-10-12(13)17(14)15(18)6-2/h5-8,10-11,14H,1-2,9H2,3-4H3. The molecule has 0 fully saturated rings. The summed E-state index contributed by atoms with van der Waals surface area (Å²) in [5, 5.41) is 0. The average molecular weight is 273 g/mol. The van der Waals surface area contributed by atoms with Crippen LogP contribution < -0.4 is 4.90 Å². The molecular weight excluding hydrogens is 254 g/mol. The van der Waals surface area contributed by atoms with Gasteiger partial charge in [-0.25, -0.2) is 0 Å². The van der Waals surface area contributed by atoms with Crippen molar-refractivity contribution in [2.75, 3.05) is 4.90 Å². The maximum absolute atomic E-state index is 12.3. The lowest BCUT2D eigenvalue weighted by Gasteiger charge is -2.46. The molecule has 1 amide bonds. The first-order chi connectivity index (χ1) is 9.01. The van der Waals surface area contributed by atoms with E-state index < -0.39 is 0 Å². The number of fused-ring (bicyclic) bond motifs is 1. The van der Waals surface area contributed by atoms with Crippen molar-refractivity contribution in [1.82, 2.24) is 0 Å². The number of carbonyl (C=O) groups is 1. The molecule has 2 nitrogen and oxygen atoms in total. The monoisotopic (exact) mass is 273 g/mol. The van der Waals surface area contributed by atoms with Gasteiger partial charge in [0.2, 0.25) is 0 Å². The SMILES string of the molecule is C=CCC1N(C(=O)C=C)c2ccccc2SC1(C)C. The summed E-state index contributed by atoms with van der Waals surface area (Å²) in [5.41, 5.74) is 0.976. The molecule has 1 aromatic carbocycles. The van der Waals surface area contributed by atoms with Crippen LogP contribution in [-0.4, -0.2) is 16.7 Å². The average Bonchev–Trinajstić information content (AvgIpc) is 2.38. The molecule has 0 saturated carbocycles. The van der Waals surface area contributed by atoms with Crippen LogP contribution in [0.25, 0.3) is 0 Å². The van der Waals surface area contributed by atoms with E-state index in [1.807, 2.05) is 40.9 Å². The summed E-state index contributed by atoms with van der Waals surface area (Å²) in [5.74, 6) is -0.0484. The fourth-order valence-electron chi connectivity index (χ4n) is 2.49. The van der Waals surface area contributed by atoms with Crippen LogP contribution in [0, 0.1) is 0 Å². The third kappa shape index (κ3) is 2.47. The number of benzene rings is 1. The molecule has 0 spiro atoms. The van der Waals surface area contributed by atoms with E-state index in [1.165, 1.54) is 6.08 Å². The summed E-state index contributed by atoms with van der Waals surface area (Å²) in [6.45, 7) is 11.8. The second-order valence-corrected chi connectivity index (χ2v) is 6.82. The van der Waals surface area contributed by atoms with Crippen LogP contribution >= 0.6 is 11.8 Å². The van der Waals surface area contributed by atoms with Gasteiger partial charge in [0.05, 0.1) is 11.7 Å². The largest absolute Gasteiger partial charge is 0.303 e. The summed E-state index contributed by atoms with van der Waals surface area (Å²) in [6, 6.07) is 8.12. The van der Waals surface area contributed by atoms with E-state index in [1.54, 1.807) is 0 Å². The van der Waals surface area contributed by atoms with Crippen molar-refractivity contribution in [3.8, 4) is 0 Å². The van der Waals surface area contributed by atoms with E-state index in [2.05, 4.69) is 33.1 Å². The molecule has 1 unspecified atom stereocenters. The van der Waals surface area contributed by atoms with Gasteiger partial charge in [0.1, 0.15) is 0 Å². The molecule has 2 rings (SSSR count). The van der Waals surface area contributed by atoms with Crippen LogP contribution in [0.5, 0.6) is 0 Å². The van der Waals surface area contributed by atoms with Gasteiger partial charge in [-0.3, -0.25) is 4.79 Å². The van der Waals surface area contributed by atoms with Gasteiger partial charge >= 0.3 is 0 Å². The molecule has 0 aromatic heterocycles. The van der Waals surface area contributed by atoms with Gasteiger partial charge in [0.15, 0.2) is 0 Å². The number of carbonyl (C=O) groups excluding carboxylic acids is 1. The first-order valence-electron chi connectivity index (χ1n) is 6.36. The Kier molecular flexibility index (Phi) is 3.85. The Morgan fingerprint density at radius 3 is 2.74 bits per heavy atom. The lowest BCUT2D eigenvalue weighted by atomic mass is 9.96. The Hall–Kier alpha value is -1.48. The topological polar surface area (TPSA) is 20.3 Å². The Labute approximate surface area is 119 Å². The van der Waals surface area contributed by atoms with E-state index in [-0.39, 0.29) is 16.7 Å². The number of anilines is 1. The zero-order valence-corrected chi connectivity index (χ0v) is 12.2. The fourth-order valence-corrected chi connectivity index (χ4v) is 3.81. The van der Waals surface area contributed by atoms with Crippen LogP contribution in [0.15, 0.2) is 54.5 Å². The second kappa shape index (κ2) is 5.25. The molecular formula is C16H19NOS. The first-order valence-corrected chi connectivity index (χ1v) is 7.17. The molecule has 19 heavy (non-hydrogen) atoms. The third-order valence-corrected chi connectivity index (χ3v) is 4.78. The molecule has 100 valence electrons. The zero-order valence-electron chi connectivity index (χ0n) is 11.4. The molecule has 1 aliphatic heterocycles. The first kappa shape index (κ1) is 13.9. The number of hydrogen-bond donors (Lipinski definition) is 0. The second-order valence-electron chi connectivity index (χ2n) is 5.13. The van der Waals surface area contributed by atoms with Crippen LogP contribution in [0.2, 0.25) is 0 Å². The Morgan fingerprint density at radius 2 is 2.11 bits per heavy atom. The molecule has 1 atom stereocenters. The highest BCUT2D eigenvalue weighted by Gasteiger charge is 2.41. The molecule has 1 aliphatic rings. The summed E-state index contributed by atoms with van der Waals surface area (Å²) in [6.07, 6.45) is 4.04. The van der Waals surface area contributed by atoms with Crippen molar-refractivity contribution in [1.29, 1.82) is 0 Å². The van der Waals surface area contributed by atoms with Crippen LogP contribution in [0.3, 0.4) is 0 Å². The van der Waals surface area contributed by atoms with E-state index in [0.717, 1.165) is 17.0 Å². The summed E-state index contributed by atoms with van der Waals surface area (Å²) in [7, 11) is 0. The zero-order chi connectivity index (χ0) is 14.0. The smallest absolute Gasteiger partial charge is 0.250 e. The van der Waals surface area contributed by atoms with Gasteiger partial charge in [-0.1, -0.05) is 24.8 Å². The normalized spacial score (nSPS) is 20.5. The van der Waals surface area contributed by atoms with Crippen LogP contribution in [0.1, 0.15) is 20.3 Å². The van der Waals surface area contributed by atoms with Gasteiger partial charge in [-0.15, -0.1) is 18.3 Å². The van der Waals surface area contributed by atoms with Crippen molar-refractivity contribution >= 4 is 23.4 Å². The van der Waals surface area contributed by atoms with Crippen molar-refractivity contribution in [3.63, 3.8) is 0 Å². The molecule has 0 N–H and O–H groups in total. The maximum Gasteiger partial charge on any atom is 0.250 e. The number of thioether (sulfide) groups is 1. The predicted octanol–water partition coefficient (Wildman–Crippen LogP) is 4.03. The summed E-state index contributed by atoms with van der Waals surface area (Å²) < 4.78 is -0.0544. The minimum Gasteiger partial charge on any atom is -0.303 e. The quantitative estimate of drug-likeness (QED) is 0.612. The molecule has 3 heteroatoms. The number of para-hydroxylation sites is 1. The Bertz CT molecular complexity index is 521. The van der Waals surface area contributed by atoms with E-state index in [0.29, 0.717) is 0 Å². The molecule has 1 heterocycles. The Balaban J connectivity index is 2.57. The summed E-state index contributed by atoms with van der Waals surface area (Å²) >= 11 is 1.82. The highest BCUT2D eigenvalue weighted by atomic mass is 32.2. The third-order valence-electron chi connectivity index (χ3n) is 3.41. The highest BCUT2D eigenvalue weighted by Crippen LogP contribution is 2.48. The fraction of sp³-hybridized carbons (Fsp3) is 0.312. The highest BCUT2D eigenvalue weighted by molar-refractivity contribution is 8.01. The lowest BCUT2D eigenvalue weighted by Crippen LogP contribution is -2.52. The van der Waals surface area contributed by atoms with Crippen LogP contribution in [0.4, 0.5) is 5.69 Å². The summed E-state index contributed by atoms with van der Waals surface area (Å²) in [4.78, 5) is 15.3. The van der Waals surface area contributed by atoms with Gasteiger partial charge in [0, 0.05) is 9.64 Å². The number of hydrogen-bond acceptors (Lipinski definition) is 2. The maximum atomic E-state index is 12.3. The van der Waals surface area contributed by atoms with E-state index in [4.69, 9.17) is 0 Å². The molecule has 0 saturated heterocycles. The van der Waals surface area contributed by atoms with Gasteiger partial charge in [-0.05, 0) is 38.5 Å². The van der Waals surface area contributed by atoms with Crippen molar-refractivity contribution in [2.45, 2.75) is 36.0 Å². The van der Waals surface area contributed by atoms with Crippen molar-refractivity contribution in [3.05, 3.63) is 49.6 Å². The molecule has 0 aliphatic carbocycles. The molecule has 0 bridgehead atoms. The van der Waals surface area contributed by atoms with Gasteiger partial charge < -0.3 is 4.90 Å². The van der Waals surface area contributed by atoms with E-state index >= 15 is 0 Å². The number of rotatable bonds is 3. The van der Waals surface area contributed by atoms with Gasteiger partial charge in [-0.2, -0.15) is 0 Å². The molecule has 1 aromatic rings. The van der Waals surface area contributed by atoms with Gasteiger partial charge in [0.25, 0.3) is 5.91 Å². The minimum absolute atomic E-state index is 0.0484. The Morgan fingerprint density at radius 1 is 1.42 bits per heavy atom. The number of amides is 1. The van der Waals surface area contributed by atoms with Crippen molar-refractivity contribution < 1.29 is 4.79 Å². The lowest BCUT2D eigenvalue weighted by molar-refractivity contribution is -0.114.